The second-order valence-electron chi connectivity index (χ2n) is 6.09. The van der Waals surface area contributed by atoms with Crippen LogP contribution in [0.3, 0.4) is 0 Å². The molecule has 0 radical (unpaired) electrons. The summed E-state index contributed by atoms with van der Waals surface area (Å²) in [5, 5.41) is 0. The quantitative estimate of drug-likeness (QED) is 0.661. The van der Waals surface area contributed by atoms with Crippen LogP contribution >= 0.6 is 0 Å². The zero-order chi connectivity index (χ0) is 14.3. The van der Waals surface area contributed by atoms with E-state index in [1.54, 1.807) is 5.57 Å². The molecule has 0 spiro atoms. The maximum Gasteiger partial charge on any atom is 0.0999 e. The van der Waals surface area contributed by atoms with Crippen molar-refractivity contribution < 1.29 is 4.74 Å². The molecule has 1 rings (SSSR count). The van der Waals surface area contributed by atoms with Crippen LogP contribution in [-0.4, -0.2) is 30.8 Å². The van der Waals surface area contributed by atoms with Gasteiger partial charge < -0.3 is 4.74 Å². The molecule has 1 heterocycles. The summed E-state index contributed by atoms with van der Waals surface area (Å²) in [6.45, 7) is 13.9. The van der Waals surface area contributed by atoms with Gasteiger partial charge in [0.2, 0.25) is 0 Å². The first-order valence-corrected chi connectivity index (χ1v) is 7.72. The van der Waals surface area contributed by atoms with Crippen LogP contribution in [0.1, 0.15) is 53.9 Å². The Morgan fingerprint density at radius 3 is 2.53 bits per heavy atom. The molecule has 0 N–H and O–H groups in total. The van der Waals surface area contributed by atoms with Crippen LogP contribution in [-0.2, 0) is 4.74 Å². The van der Waals surface area contributed by atoms with Gasteiger partial charge in [-0.25, -0.2) is 0 Å². The maximum atomic E-state index is 5.84. The minimum atomic E-state index is 0.557. The van der Waals surface area contributed by atoms with Gasteiger partial charge >= 0.3 is 0 Å². The lowest BCUT2D eigenvalue weighted by molar-refractivity contribution is 0.0359. The predicted molar refractivity (Wildman–Crippen MR) is 83.2 cm³/mol. The second-order valence-corrected chi connectivity index (χ2v) is 6.09. The maximum absolute atomic E-state index is 5.84. The van der Waals surface area contributed by atoms with Gasteiger partial charge in [-0.1, -0.05) is 38.5 Å². The largest absolute Gasteiger partial charge is 0.362 e. The smallest absolute Gasteiger partial charge is 0.0999 e. The monoisotopic (exact) mass is 265 g/mol. The number of allylic oxidation sites excluding steroid dienone is 2. The molecular weight excluding hydrogens is 234 g/mol. The van der Waals surface area contributed by atoms with Crippen molar-refractivity contribution in [3.63, 3.8) is 0 Å². The molecule has 0 amide bonds. The molecule has 0 fully saturated rings. The first kappa shape index (κ1) is 16.5. The summed E-state index contributed by atoms with van der Waals surface area (Å²) in [5.74, 6) is 0.654. The molecule has 0 aromatic heterocycles. The van der Waals surface area contributed by atoms with Crippen molar-refractivity contribution in [2.75, 3.05) is 19.9 Å². The third-order valence-corrected chi connectivity index (χ3v) is 3.72. The van der Waals surface area contributed by atoms with Crippen molar-refractivity contribution in [2.24, 2.45) is 5.92 Å². The Labute approximate surface area is 119 Å². The van der Waals surface area contributed by atoms with Crippen LogP contribution in [0.5, 0.6) is 0 Å². The molecule has 2 heteroatoms. The molecule has 0 unspecified atom stereocenters. The van der Waals surface area contributed by atoms with E-state index in [4.69, 9.17) is 4.74 Å². The first-order chi connectivity index (χ1) is 9.04. The third-order valence-electron chi connectivity index (χ3n) is 3.72. The zero-order valence-electron chi connectivity index (χ0n) is 13.4. The fourth-order valence-corrected chi connectivity index (χ4v) is 2.36. The molecule has 0 bridgehead atoms. The molecule has 0 atom stereocenters. The standard InChI is InChI=1S/C17H31NO/c1-6-16-11-18(15(4)5)13-19-12-17(16)10-8-7-9-14(2)3/h7,9,14-15H,6,8,10-13H2,1-5H3. The van der Waals surface area contributed by atoms with Crippen molar-refractivity contribution in [1.29, 1.82) is 0 Å². The minimum absolute atomic E-state index is 0.557. The average Bonchev–Trinajstić information content (AvgIpc) is 2.56. The van der Waals surface area contributed by atoms with E-state index >= 15 is 0 Å². The highest BCUT2D eigenvalue weighted by Crippen LogP contribution is 2.21. The van der Waals surface area contributed by atoms with Gasteiger partial charge in [-0.05, 0) is 44.6 Å². The molecule has 0 saturated heterocycles. The molecule has 0 saturated carbocycles. The van der Waals surface area contributed by atoms with Gasteiger partial charge in [-0.15, -0.1) is 0 Å². The van der Waals surface area contributed by atoms with Crippen LogP contribution in [0.15, 0.2) is 23.3 Å². The summed E-state index contributed by atoms with van der Waals surface area (Å²) in [6.07, 6.45) is 8.05. The van der Waals surface area contributed by atoms with Crippen molar-refractivity contribution in [3.8, 4) is 0 Å². The molecule has 0 aromatic carbocycles. The van der Waals surface area contributed by atoms with Crippen LogP contribution in [0.25, 0.3) is 0 Å². The van der Waals surface area contributed by atoms with Crippen LogP contribution in [0, 0.1) is 5.92 Å². The molecule has 110 valence electrons. The predicted octanol–water partition coefficient (Wildman–Crippen LogP) is 4.38. The Balaban J connectivity index is 2.61. The number of nitrogens with zero attached hydrogens (tertiary/aromatic N) is 1. The van der Waals surface area contributed by atoms with Crippen molar-refractivity contribution in [2.45, 2.75) is 59.9 Å². The summed E-state index contributed by atoms with van der Waals surface area (Å²) in [7, 11) is 0. The van der Waals surface area contributed by atoms with Crippen LogP contribution in [0.4, 0.5) is 0 Å². The number of hydrogen-bond acceptors (Lipinski definition) is 2. The number of rotatable bonds is 6. The molecule has 19 heavy (non-hydrogen) atoms. The van der Waals surface area contributed by atoms with Gasteiger partial charge in [0.05, 0.1) is 13.3 Å². The van der Waals surface area contributed by atoms with E-state index in [0.717, 1.165) is 39.1 Å². The van der Waals surface area contributed by atoms with E-state index < -0.39 is 0 Å². The van der Waals surface area contributed by atoms with E-state index in [-0.39, 0.29) is 0 Å². The summed E-state index contributed by atoms with van der Waals surface area (Å²) >= 11 is 0. The molecule has 0 aliphatic carbocycles. The molecule has 1 aliphatic heterocycles. The summed E-state index contributed by atoms with van der Waals surface area (Å²) in [4.78, 5) is 2.41. The fourth-order valence-electron chi connectivity index (χ4n) is 2.36. The first-order valence-electron chi connectivity index (χ1n) is 7.72. The number of ether oxygens (including phenoxy) is 1. The van der Waals surface area contributed by atoms with E-state index in [1.165, 1.54) is 5.57 Å². The van der Waals surface area contributed by atoms with Crippen molar-refractivity contribution >= 4 is 0 Å². The van der Waals surface area contributed by atoms with Gasteiger partial charge in [-0.3, -0.25) is 4.90 Å². The van der Waals surface area contributed by atoms with E-state index in [0.29, 0.717) is 12.0 Å². The summed E-state index contributed by atoms with van der Waals surface area (Å²) in [6, 6.07) is 0.557. The van der Waals surface area contributed by atoms with Gasteiger partial charge in [0.15, 0.2) is 0 Å². The van der Waals surface area contributed by atoms with E-state index in [2.05, 4.69) is 51.7 Å². The summed E-state index contributed by atoms with van der Waals surface area (Å²) < 4.78 is 5.84. The highest BCUT2D eigenvalue weighted by Gasteiger charge is 2.17. The van der Waals surface area contributed by atoms with Gasteiger partial charge in [-0.2, -0.15) is 0 Å². The Morgan fingerprint density at radius 1 is 1.21 bits per heavy atom. The Hall–Kier alpha value is -0.600. The minimum Gasteiger partial charge on any atom is -0.362 e. The normalized spacial score (nSPS) is 18.9. The van der Waals surface area contributed by atoms with Gasteiger partial charge in [0.1, 0.15) is 0 Å². The van der Waals surface area contributed by atoms with Crippen LogP contribution < -0.4 is 0 Å². The fraction of sp³-hybridized carbons (Fsp3) is 0.765. The Bertz CT molecular complexity index is 315. The van der Waals surface area contributed by atoms with Crippen LogP contribution in [0.2, 0.25) is 0 Å². The lowest BCUT2D eigenvalue weighted by Gasteiger charge is -2.24. The van der Waals surface area contributed by atoms with Crippen molar-refractivity contribution in [1.82, 2.24) is 4.90 Å². The Kier molecular flexibility index (Phi) is 7.40. The Morgan fingerprint density at radius 2 is 1.95 bits per heavy atom. The molecule has 0 aromatic rings. The topological polar surface area (TPSA) is 12.5 Å². The molecule has 1 aliphatic rings. The summed E-state index contributed by atoms with van der Waals surface area (Å²) in [5.41, 5.74) is 3.11. The number of hydrogen-bond donors (Lipinski definition) is 0. The van der Waals surface area contributed by atoms with E-state index in [1.807, 2.05) is 0 Å². The van der Waals surface area contributed by atoms with Crippen molar-refractivity contribution in [3.05, 3.63) is 23.3 Å². The second kappa shape index (κ2) is 8.55. The third kappa shape index (κ3) is 5.92. The van der Waals surface area contributed by atoms with Gasteiger partial charge in [0.25, 0.3) is 0 Å². The lowest BCUT2D eigenvalue weighted by Crippen LogP contribution is -2.33. The highest BCUT2D eigenvalue weighted by atomic mass is 16.5. The molecule has 2 nitrogen and oxygen atoms in total. The SMILES string of the molecule is CCC1=C(CCC=CC(C)C)COCN(C(C)C)C1. The average molecular weight is 265 g/mol. The van der Waals surface area contributed by atoms with E-state index in [9.17, 15) is 0 Å². The van der Waals surface area contributed by atoms with Gasteiger partial charge in [0, 0.05) is 12.6 Å². The lowest BCUT2D eigenvalue weighted by atomic mass is 10.0. The zero-order valence-corrected chi connectivity index (χ0v) is 13.4. The molecular formula is C17H31NO. The highest BCUT2D eigenvalue weighted by molar-refractivity contribution is 5.18.